The van der Waals surface area contributed by atoms with Crippen molar-refractivity contribution >= 4 is 0 Å². The van der Waals surface area contributed by atoms with E-state index in [9.17, 15) is 0 Å². The van der Waals surface area contributed by atoms with Gasteiger partial charge in [0.25, 0.3) is 0 Å². The van der Waals surface area contributed by atoms with Gasteiger partial charge in [-0.3, -0.25) is 0 Å². The van der Waals surface area contributed by atoms with Crippen LogP contribution in [-0.2, 0) is 18.9 Å². The van der Waals surface area contributed by atoms with Gasteiger partial charge in [-0.15, -0.1) is 13.2 Å². The van der Waals surface area contributed by atoms with E-state index in [2.05, 4.69) is 13.2 Å². The van der Waals surface area contributed by atoms with E-state index in [0.29, 0.717) is 39.6 Å². The van der Waals surface area contributed by atoms with E-state index in [1.807, 2.05) is 27.7 Å². The van der Waals surface area contributed by atoms with Gasteiger partial charge in [-0.2, -0.15) is 0 Å². The minimum absolute atomic E-state index is 0.271. The Morgan fingerprint density at radius 3 is 1.17 bits per heavy atom. The highest BCUT2D eigenvalue weighted by Crippen LogP contribution is 1.89. The van der Waals surface area contributed by atoms with Crippen molar-refractivity contribution < 1.29 is 18.9 Å². The molecule has 0 saturated heterocycles. The fourth-order valence-electron chi connectivity index (χ4n) is 1.01. The minimum atomic E-state index is 0.271. The van der Waals surface area contributed by atoms with E-state index >= 15 is 0 Å². The lowest BCUT2D eigenvalue weighted by molar-refractivity contribution is -0.0185. The molecular formula is C14H30O4. The maximum absolute atomic E-state index is 5.33. The van der Waals surface area contributed by atoms with Gasteiger partial charge in [0, 0.05) is 0 Å². The lowest BCUT2D eigenvalue weighted by Crippen LogP contribution is -2.14. The van der Waals surface area contributed by atoms with Crippen LogP contribution in [0.5, 0.6) is 0 Å². The molecule has 0 aromatic rings. The molecule has 18 heavy (non-hydrogen) atoms. The van der Waals surface area contributed by atoms with Crippen molar-refractivity contribution in [1.29, 1.82) is 0 Å². The van der Waals surface area contributed by atoms with Crippen LogP contribution in [0.2, 0.25) is 0 Å². The molecule has 0 heterocycles. The first-order valence-corrected chi connectivity index (χ1v) is 6.51. The van der Waals surface area contributed by atoms with Gasteiger partial charge in [-0.1, -0.05) is 0 Å². The molecule has 0 radical (unpaired) electrons. The predicted octanol–water partition coefficient (Wildman–Crippen LogP) is 2.67. The molecule has 0 aliphatic heterocycles. The summed E-state index contributed by atoms with van der Waals surface area (Å²) in [5.41, 5.74) is 0. The van der Waals surface area contributed by atoms with Crippen molar-refractivity contribution in [2.24, 2.45) is 0 Å². The topological polar surface area (TPSA) is 36.9 Å². The van der Waals surface area contributed by atoms with Gasteiger partial charge in [0.05, 0.1) is 51.8 Å². The Morgan fingerprint density at radius 2 is 0.889 bits per heavy atom. The fraction of sp³-hybridized carbons (Fsp3) is 0.857. The number of hydrogen-bond donors (Lipinski definition) is 0. The van der Waals surface area contributed by atoms with E-state index in [4.69, 9.17) is 18.9 Å². The highest BCUT2D eigenvalue weighted by molar-refractivity contribution is 4.39. The van der Waals surface area contributed by atoms with Gasteiger partial charge in [-0.25, -0.2) is 0 Å². The molecule has 4 nitrogen and oxygen atoms in total. The maximum atomic E-state index is 5.33. The Morgan fingerprint density at radius 1 is 0.611 bits per heavy atom. The molecule has 0 rings (SSSR count). The zero-order valence-electron chi connectivity index (χ0n) is 12.4. The van der Waals surface area contributed by atoms with Gasteiger partial charge >= 0.3 is 0 Å². The Kier molecular flexibility index (Phi) is 18.3. The van der Waals surface area contributed by atoms with Crippen LogP contribution in [0, 0.1) is 0 Å². The van der Waals surface area contributed by atoms with Crippen LogP contribution in [0.4, 0.5) is 0 Å². The summed E-state index contributed by atoms with van der Waals surface area (Å²) in [6.45, 7) is 17.8. The van der Waals surface area contributed by atoms with Crippen molar-refractivity contribution in [3.05, 3.63) is 13.2 Å². The SMILES string of the molecule is C=C.CC(C)OCCOCCOCCOC(C)C. The molecule has 4 heteroatoms. The molecule has 0 bridgehead atoms. The van der Waals surface area contributed by atoms with E-state index in [1.165, 1.54) is 0 Å². The minimum Gasteiger partial charge on any atom is -0.377 e. The molecule has 110 valence electrons. The summed E-state index contributed by atoms with van der Waals surface area (Å²) in [6, 6.07) is 0. The van der Waals surface area contributed by atoms with Crippen LogP contribution in [-0.4, -0.2) is 51.8 Å². The summed E-state index contributed by atoms with van der Waals surface area (Å²) in [4.78, 5) is 0. The van der Waals surface area contributed by atoms with Crippen LogP contribution in [0.25, 0.3) is 0 Å². The van der Waals surface area contributed by atoms with E-state index < -0.39 is 0 Å². The molecule has 0 aliphatic carbocycles. The summed E-state index contributed by atoms with van der Waals surface area (Å²) in [7, 11) is 0. The van der Waals surface area contributed by atoms with Gasteiger partial charge in [0.2, 0.25) is 0 Å². The van der Waals surface area contributed by atoms with Gasteiger partial charge < -0.3 is 18.9 Å². The average Bonchev–Trinajstić information content (AvgIpc) is 2.33. The first-order valence-electron chi connectivity index (χ1n) is 6.51. The largest absolute Gasteiger partial charge is 0.377 e. The Bertz CT molecular complexity index is 133. The second kappa shape index (κ2) is 16.6. The van der Waals surface area contributed by atoms with Gasteiger partial charge in [-0.05, 0) is 27.7 Å². The van der Waals surface area contributed by atoms with Crippen molar-refractivity contribution in [2.45, 2.75) is 39.9 Å². The van der Waals surface area contributed by atoms with Crippen molar-refractivity contribution in [2.75, 3.05) is 39.6 Å². The molecule has 0 N–H and O–H groups in total. The highest BCUT2D eigenvalue weighted by atomic mass is 16.6. The lowest BCUT2D eigenvalue weighted by Gasteiger charge is -2.09. The third-order valence-corrected chi connectivity index (χ3v) is 1.73. The molecule has 0 amide bonds. The lowest BCUT2D eigenvalue weighted by atomic mass is 10.5. The molecule has 0 spiro atoms. The van der Waals surface area contributed by atoms with E-state index in [1.54, 1.807) is 0 Å². The third kappa shape index (κ3) is 20.9. The predicted molar refractivity (Wildman–Crippen MR) is 75.1 cm³/mol. The zero-order valence-corrected chi connectivity index (χ0v) is 12.4. The van der Waals surface area contributed by atoms with Crippen LogP contribution >= 0.6 is 0 Å². The maximum Gasteiger partial charge on any atom is 0.0703 e. The second-order valence-electron chi connectivity index (χ2n) is 4.06. The molecule has 0 aromatic heterocycles. The van der Waals surface area contributed by atoms with Crippen molar-refractivity contribution in [3.63, 3.8) is 0 Å². The Hall–Kier alpha value is -0.420. The fourth-order valence-corrected chi connectivity index (χ4v) is 1.01. The van der Waals surface area contributed by atoms with E-state index in [0.717, 1.165) is 0 Å². The van der Waals surface area contributed by atoms with Gasteiger partial charge in [0.1, 0.15) is 0 Å². The number of rotatable bonds is 11. The Balaban J connectivity index is 0. The second-order valence-corrected chi connectivity index (χ2v) is 4.06. The molecule has 0 atom stereocenters. The number of hydrogen-bond acceptors (Lipinski definition) is 4. The molecular weight excluding hydrogens is 232 g/mol. The summed E-state index contributed by atoms with van der Waals surface area (Å²) < 4.78 is 21.3. The van der Waals surface area contributed by atoms with E-state index in [-0.39, 0.29) is 12.2 Å². The average molecular weight is 262 g/mol. The molecule has 0 aromatic carbocycles. The monoisotopic (exact) mass is 262 g/mol. The molecule has 0 unspecified atom stereocenters. The number of ether oxygens (including phenoxy) is 4. The van der Waals surface area contributed by atoms with Gasteiger partial charge in [0.15, 0.2) is 0 Å². The normalized spacial score (nSPS) is 10.6. The van der Waals surface area contributed by atoms with Crippen LogP contribution < -0.4 is 0 Å². The third-order valence-electron chi connectivity index (χ3n) is 1.73. The first kappa shape index (κ1) is 19.9. The standard InChI is InChI=1S/C12H26O4.C2H4/c1-11(2)15-9-7-13-5-6-14-8-10-16-12(3)4;1-2/h11-12H,5-10H2,1-4H3;1-2H2. The zero-order chi connectivity index (χ0) is 14.2. The quantitative estimate of drug-likeness (QED) is 0.424. The van der Waals surface area contributed by atoms with Crippen LogP contribution in [0.3, 0.4) is 0 Å². The van der Waals surface area contributed by atoms with Crippen molar-refractivity contribution in [3.8, 4) is 0 Å². The van der Waals surface area contributed by atoms with Crippen molar-refractivity contribution in [1.82, 2.24) is 0 Å². The summed E-state index contributed by atoms with van der Waals surface area (Å²) in [5, 5.41) is 0. The first-order chi connectivity index (χ1) is 8.63. The molecule has 0 saturated carbocycles. The summed E-state index contributed by atoms with van der Waals surface area (Å²) in [6.07, 6.45) is 0.543. The highest BCUT2D eigenvalue weighted by Gasteiger charge is 1.95. The molecule has 0 aliphatic rings. The van der Waals surface area contributed by atoms with Crippen LogP contribution in [0.1, 0.15) is 27.7 Å². The summed E-state index contributed by atoms with van der Waals surface area (Å²) in [5.74, 6) is 0. The summed E-state index contributed by atoms with van der Waals surface area (Å²) >= 11 is 0. The molecule has 0 fully saturated rings. The Labute approximate surface area is 112 Å². The van der Waals surface area contributed by atoms with Crippen LogP contribution in [0.15, 0.2) is 13.2 Å². The smallest absolute Gasteiger partial charge is 0.0703 e.